The van der Waals surface area contributed by atoms with Crippen LogP contribution in [0.1, 0.15) is 18.1 Å². The second-order valence-electron chi connectivity index (χ2n) is 7.80. The Bertz CT molecular complexity index is 1480. The maximum atomic E-state index is 13.3. The van der Waals surface area contributed by atoms with Crippen LogP contribution in [0.4, 0.5) is 0 Å². The number of benzene rings is 3. The number of phenols is 1. The lowest BCUT2D eigenvalue weighted by molar-refractivity contribution is -0.118. The van der Waals surface area contributed by atoms with Crippen LogP contribution in [0.25, 0.3) is 16.6 Å². The molecule has 0 saturated carbocycles. The standard InChI is InChI=1S/C26H24N4O4S/c1-16-8-11-19(12-9-16)30-25(33)20-6-4-5-7-21(20)27-26(30)35-15-24(32)29-28-17(2)18-10-13-22(31)23(14-18)34-3/h4-14,31H,15H2,1-3H3,(H,29,32)/b28-17-. The van der Waals surface area contributed by atoms with E-state index in [1.165, 1.54) is 17.7 Å². The van der Waals surface area contributed by atoms with Crippen molar-refractivity contribution in [2.24, 2.45) is 5.10 Å². The van der Waals surface area contributed by atoms with Gasteiger partial charge in [-0.05, 0) is 56.3 Å². The van der Waals surface area contributed by atoms with Gasteiger partial charge >= 0.3 is 0 Å². The molecule has 0 aliphatic carbocycles. The van der Waals surface area contributed by atoms with Crippen LogP contribution in [0.3, 0.4) is 0 Å². The van der Waals surface area contributed by atoms with Gasteiger partial charge in [0.05, 0.1) is 35.2 Å². The molecule has 0 atom stereocenters. The van der Waals surface area contributed by atoms with Crippen molar-refractivity contribution in [2.75, 3.05) is 12.9 Å². The quantitative estimate of drug-likeness (QED) is 0.176. The summed E-state index contributed by atoms with van der Waals surface area (Å²) in [5.74, 6) is -0.00730. The fourth-order valence-electron chi connectivity index (χ4n) is 3.41. The van der Waals surface area contributed by atoms with E-state index < -0.39 is 0 Å². The molecule has 3 aromatic carbocycles. The molecular formula is C26H24N4O4S. The van der Waals surface area contributed by atoms with Crippen LogP contribution < -0.4 is 15.7 Å². The van der Waals surface area contributed by atoms with Crippen molar-refractivity contribution >= 4 is 34.3 Å². The number of aromatic hydroxyl groups is 1. The first-order valence-corrected chi connectivity index (χ1v) is 11.8. The van der Waals surface area contributed by atoms with Gasteiger partial charge in [0.15, 0.2) is 16.7 Å². The average Bonchev–Trinajstić information content (AvgIpc) is 2.87. The Kier molecular flexibility index (Phi) is 7.17. The SMILES string of the molecule is COc1cc(/C(C)=N\NC(=O)CSc2nc3ccccc3c(=O)n2-c2ccc(C)cc2)ccc1O. The van der Waals surface area contributed by atoms with E-state index in [0.717, 1.165) is 17.3 Å². The summed E-state index contributed by atoms with van der Waals surface area (Å²) in [6, 6.07) is 19.5. The van der Waals surface area contributed by atoms with E-state index in [1.807, 2.05) is 37.3 Å². The maximum Gasteiger partial charge on any atom is 0.266 e. The lowest BCUT2D eigenvalue weighted by Gasteiger charge is -2.13. The fraction of sp³-hybridized carbons (Fsp3) is 0.154. The number of methoxy groups -OCH3 is 1. The number of hydrogen-bond acceptors (Lipinski definition) is 7. The van der Waals surface area contributed by atoms with Crippen molar-refractivity contribution in [3.8, 4) is 17.2 Å². The maximum absolute atomic E-state index is 13.3. The molecule has 0 saturated heterocycles. The number of aryl methyl sites for hydroxylation is 1. The lowest BCUT2D eigenvalue weighted by atomic mass is 10.1. The number of amides is 1. The van der Waals surface area contributed by atoms with Crippen molar-refractivity contribution < 1.29 is 14.6 Å². The molecular weight excluding hydrogens is 464 g/mol. The summed E-state index contributed by atoms with van der Waals surface area (Å²) in [7, 11) is 1.46. The van der Waals surface area contributed by atoms with Gasteiger partial charge in [-0.3, -0.25) is 14.2 Å². The summed E-state index contributed by atoms with van der Waals surface area (Å²) in [4.78, 5) is 30.5. The van der Waals surface area contributed by atoms with E-state index in [-0.39, 0.29) is 23.0 Å². The number of aromatic nitrogens is 2. The molecule has 1 amide bonds. The average molecular weight is 489 g/mol. The molecule has 1 heterocycles. The molecule has 0 spiro atoms. The molecule has 4 aromatic rings. The second-order valence-corrected chi connectivity index (χ2v) is 8.74. The minimum absolute atomic E-state index is 0.00627. The highest BCUT2D eigenvalue weighted by atomic mass is 32.2. The Morgan fingerprint density at radius 1 is 1.14 bits per heavy atom. The van der Waals surface area contributed by atoms with Crippen LogP contribution >= 0.6 is 11.8 Å². The summed E-state index contributed by atoms with van der Waals surface area (Å²) >= 11 is 1.16. The predicted molar refractivity (Wildman–Crippen MR) is 138 cm³/mol. The van der Waals surface area contributed by atoms with Crippen molar-refractivity contribution in [1.82, 2.24) is 15.0 Å². The third-order valence-electron chi connectivity index (χ3n) is 5.32. The molecule has 178 valence electrons. The lowest BCUT2D eigenvalue weighted by Crippen LogP contribution is -2.24. The van der Waals surface area contributed by atoms with Gasteiger partial charge in [0.2, 0.25) is 0 Å². The third kappa shape index (κ3) is 5.36. The van der Waals surface area contributed by atoms with Crippen molar-refractivity contribution in [2.45, 2.75) is 19.0 Å². The number of fused-ring (bicyclic) bond motifs is 1. The number of nitrogens with zero attached hydrogens (tertiary/aromatic N) is 3. The number of carbonyl (C=O) groups is 1. The van der Waals surface area contributed by atoms with Crippen molar-refractivity contribution in [3.63, 3.8) is 0 Å². The number of hydrazone groups is 1. The first-order chi connectivity index (χ1) is 16.9. The van der Waals surface area contributed by atoms with Crippen LogP contribution in [0, 0.1) is 6.92 Å². The summed E-state index contributed by atoms with van der Waals surface area (Å²) in [6.07, 6.45) is 0. The van der Waals surface area contributed by atoms with Gasteiger partial charge in [0.1, 0.15) is 0 Å². The Morgan fingerprint density at radius 2 is 1.89 bits per heavy atom. The number of ether oxygens (including phenoxy) is 1. The van der Waals surface area contributed by atoms with Crippen LogP contribution in [0.15, 0.2) is 81.8 Å². The Hall–Kier alpha value is -4.11. The molecule has 4 rings (SSSR count). The van der Waals surface area contributed by atoms with Gasteiger partial charge in [-0.25, -0.2) is 10.4 Å². The molecule has 0 unspecified atom stereocenters. The van der Waals surface area contributed by atoms with Gasteiger partial charge in [0.25, 0.3) is 11.5 Å². The van der Waals surface area contributed by atoms with Gasteiger partial charge in [-0.2, -0.15) is 5.10 Å². The third-order valence-corrected chi connectivity index (χ3v) is 6.25. The van der Waals surface area contributed by atoms with E-state index >= 15 is 0 Å². The summed E-state index contributed by atoms with van der Waals surface area (Å²) < 4.78 is 6.64. The number of nitrogens with one attached hydrogen (secondary N) is 1. The second kappa shape index (κ2) is 10.4. The fourth-order valence-corrected chi connectivity index (χ4v) is 4.21. The zero-order valence-corrected chi connectivity index (χ0v) is 20.3. The molecule has 0 aliphatic rings. The first kappa shape index (κ1) is 24.0. The van der Waals surface area contributed by atoms with Crippen LogP contribution in [0.2, 0.25) is 0 Å². The van der Waals surface area contributed by atoms with E-state index in [1.54, 1.807) is 37.3 Å². The Balaban J connectivity index is 1.56. The highest BCUT2D eigenvalue weighted by molar-refractivity contribution is 7.99. The number of thioether (sulfide) groups is 1. The van der Waals surface area contributed by atoms with Gasteiger partial charge < -0.3 is 9.84 Å². The van der Waals surface area contributed by atoms with Gasteiger partial charge in [-0.1, -0.05) is 41.6 Å². The molecule has 35 heavy (non-hydrogen) atoms. The number of rotatable bonds is 7. The summed E-state index contributed by atoms with van der Waals surface area (Å²) in [5.41, 5.74) is 5.89. The molecule has 0 radical (unpaired) electrons. The van der Waals surface area contributed by atoms with E-state index in [0.29, 0.717) is 38.8 Å². The minimum atomic E-state index is -0.349. The predicted octanol–water partition coefficient (Wildman–Crippen LogP) is 4.04. The highest BCUT2D eigenvalue weighted by Gasteiger charge is 2.15. The molecule has 8 nitrogen and oxygen atoms in total. The molecule has 9 heteroatoms. The molecule has 2 N–H and O–H groups in total. The topological polar surface area (TPSA) is 106 Å². The van der Waals surface area contributed by atoms with Crippen molar-refractivity contribution in [3.05, 3.63) is 88.2 Å². The monoisotopic (exact) mass is 488 g/mol. The number of carbonyl (C=O) groups excluding carboxylic acids is 1. The van der Waals surface area contributed by atoms with E-state index in [2.05, 4.69) is 15.5 Å². The zero-order valence-electron chi connectivity index (χ0n) is 19.5. The normalized spacial score (nSPS) is 11.5. The first-order valence-electron chi connectivity index (χ1n) is 10.8. The number of phenolic OH excluding ortho intramolecular Hbond substituents is 1. The van der Waals surface area contributed by atoms with Gasteiger partial charge in [0, 0.05) is 5.56 Å². The van der Waals surface area contributed by atoms with Gasteiger partial charge in [-0.15, -0.1) is 0 Å². The molecule has 1 aromatic heterocycles. The summed E-state index contributed by atoms with van der Waals surface area (Å²) in [6.45, 7) is 3.71. The van der Waals surface area contributed by atoms with Crippen molar-refractivity contribution in [1.29, 1.82) is 0 Å². The Labute approximate surface area is 206 Å². The minimum Gasteiger partial charge on any atom is -0.504 e. The Morgan fingerprint density at radius 3 is 2.63 bits per heavy atom. The number of para-hydroxylation sites is 1. The molecule has 0 fully saturated rings. The number of hydrogen-bond donors (Lipinski definition) is 2. The molecule has 0 bridgehead atoms. The van der Waals surface area contributed by atoms with Crippen LogP contribution in [-0.2, 0) is 4.79 Å². The largest absolute Gasteiger partial charge is 0.504 e. The van der Waals surface area contributed by atoms with Crippen LogP contribution in [0.5, 0.6) is 11.5 Å². The summed E-state index contributed by atoms with van der Waals surface area (Å²) in [5, 5.41) is 14.8. The molecule has 0 aliphatic heterocycles. The zero-order chi connectivity index (χ0) is 24.9. The smallest absolute Gasteiger partial charge is 0.266 e. The van der Waals surface area contributed by atoms with E-state index in [4.69, 9.17) is 4.74 Å². The van der Waals surface area contributed by atoms with E-state index in [9.17, 15) is 14.7 Å². The highest BCUT2D eigenvalue weighted by Crippen LogP contribution is 2.26. The van der Waals surface area contributed by atoms with Crippen LogP contribution in [-0.4, -0.2) is 39.1 Å².